The third-order valence-electron chi connectivity index (χ3n) is 5.11. The molecule has 8 N–H and O–H groups in total. The molecule has 0 amide bonds. The Bertz CT molecular complexity index is 1370. The Hall–Kier alpha value is -2.49. The van der Waals surface area contributed by atoms with E-state index in [-0.39, 0.29) is 23.7 Å². The predicted molar refractivity (Wildman–Crippen MR) is 115 cm³/mol. The Kier molecular flexibility index (Phi) is 6.96. The Labute approximate surface area is 196 Å². The van der Waals surface area contributed by atoms with Gasteiger partial charge in [0.25, 0.3) is 11.5 Å². The van der Waals surface area contributed by atoms with Crippen LogP contribution in [0.1, 0.15) is 11.8 Å². The first-order valence-corrected chi connectivity index (χ1v) is 13.0. The SMILES string of the molecule is Nc1nc2c(c(=O)[nH]1)n(Cc1ccccc1)c[n+]2[C@@H]1O[C@H](COP(=O)(O)OP(=O)(O)O)[C@@H](O)[C@H]1O. The highest BCUT2D eigenvalue weighted by atomic mass is 31.3. The van der Waals surface area contributed by atoms with E-state index in [9.17, 15) is 29.0 Å². The average Bonchev–Trinajstić information content (AvgIpc) is 3.23. The number of phosphoric ester groups is 1. The molecule has 1 saturated heterocycles. The number of aromatic amines is 1. The van der Waals surface area contributed by atoms with Crippen LogP contribution in [0.3, 0.4) is 0 Å². The van der Waals surface area contributed by atoms with Crippen LogP contribution in [0.4, 0.5) is 5.95 Å². The van der Waals surface area contributed by atoms with Crippen LogP contribution in [0.2, 0.25) is 0 Å². The first kappa shape index (κ1) is 25.6. The van der Waals surface area contributed by atoms with Gasteiger partial charge in [0.1, 0.15) is 18.3 Å². The van der Waals surface area contributed by atoms with Gasteiger partial charge in [-0.2, -0.15) is 4.31 Å². The molecule has 3 heterocycles. The number of hydrogen-bond donors (Lipinski definition) is 7. The quantitative estimate of drug-likeness (QED) is 0.128. The molecule has 1 aliphatic heterocycles. The van der Waals surface area contributed by atoms with Crippen LogP contribution in [0, 0.1) is 0 Å². The number of fused-ring (bicyclic) bond motifs is 1. The van der Waals surface area contributed by atoms with Gasteiger partial charge in [0, 0.05) is 0 Å². The number of nitrogens with two attached hydrogens (primary N) is 1. The number of ether oxygens (including phenoxy) is 1. The maximum atomic E-state index is 12.7. The summed E-state index contributed by atoms with van der Waals surface area (Å²) in [4.78, 5) is 46.0. The molecule has 1 unspecified atom stereocenters. The van der Waals surface area contributed by atoms with Crippen LogP contribution in [-0.2, 0) is 29.2 Å². The van der Waals surface area contributed by atoms with Gasteiger partial charge in [-0.15, -0.1) is 0 Å². The molecular weight excluding hydrogens is 512 g/mol. The van der Waals surface area contributed by atoms with Crippen molar-refractivity contribution in [1.29, 1.82) is 0 Å². The maximum absolute atomic E-state index is 12.7. The van der Waals surface area contributed by atoms with E-state index in [2.05, 4.69) is 18.8 Å². The maximum Gasteiger partial charge on any atom is 0.481 e. The van der Waals surface area contributed by atoms with Crippen molar-refractivity contribution in [3.05, 3.63) is 52.6 Å². The first-order valence-electron chi connectivity index (χ1n) is 9.94. The van der Waals surface area contributed by atoms with Gasteiger partial charge in [-0.1, -0.05) is 35.3 Å². The zero-order valence-corrected chi connectivity index (χ0v) is 19.5. The summed E-state index contributed by atoms with van der Waals surface area (Å²) in [6, 6.07) is 9.13. The molecule has 1 aliphatic rings. The summed E-state index contributed by atoms with van der Waals surface area (Å²) in [5.41, 5.74) is 6.10. The zero-order chi connectivity index (χ0) is 25.5. The van der Waals surface area contributed by atoms with E-state index >= 15 is 0 Å². The molecule has 0 spiro atoms. The molecular formula is C17H22N5O11P2+. The molecule has 190 valence electrons. The minimum atomic E-state index is -5.35. The van der Waals surface area contributed by atoms with Crippen molar-refractivity contribution in [3.8, 4) is 0 Å². The number of anilines is 1. The number of nitrogen functional groups attached to an aromatic ring is 1. The van der Waals surface area contributed by atoms with Gasteiger partial charge in [0.05, 0.1) is 13.2 Å². The minimum absolute atomic E-state index is 0.0256. The Morgan fingerprint density at radius 2 is 1.86 bits per heavy atom. The Balaban J connectivity index is 1.64. The summed E-state index contributed by atoms with van der Waals surface area (Å²) in [6.45, 7) is -0.633. The fourth-order valence-electron chi connectivity index (χ4n) is 3.68. The molecule has 0 radical (unpaired) electrons. The number of aliphatic hydroxyl groups is 2. The minimum Gasteiger partial charge on any atom is -0.387 e. The van der Waals surface area contributed by atoms with E-state index in [0.717, 1.165) is 5.56 Å². The van der Waals surface area contributed by atoms with Crippen LogP contribution in [0.5, 0.6) is 0 Å². The van der Waals surface area contributed by atoms with Crippen molar-refractivity contribution >= 4 is 32.8 Å². The van der Waals surface area contributed by atoms with Crippen molar-refractivity contribution in [2.75, 3.05) is 12.3 Å². The molecule has 2 aromatic heterocycles. The number of aromatic nitrogens is 4. The number of aliphatic hydroxyl groups excluding tert-OH is 2. The lowest BCUT2D eigenvalue weighted by Gasteiger charge is -2.17. The summed E-state index contributed by atoms with van der Waals surface area (Å²) in [5, 5.41) is 21.0. The smallest absolute Gasteiger partial charge is 0.387 e. The summed E-state index contributed by atoms with van der Waals surface area (Å²) in [5.74, 6) is -0.211. The van der Waals surface area contributed by atoms with E-state index < -0.39 is 52.4 Å². The highest BCUT2D eigenvalue weighted by molar-refractivity contribution is 7.60. The van der Waals surface area contributed by atoms with Gasteiger partial charge in [0.15, 0.2) is 6.33 Å². The fraction of sp³-hybridized carbons (Fsp3) is 0.353. The van der Waals surface area contributed by atoms with Crippen molar-refractivity contribution in [2.45, 2.75) is 31.1 Å². The molecule has 5 atom stereocenters. The molecule has 0 aliphatic carbocycles. The van der Waals surface area contributed by atoms with Gasteiger partial charge < -0.3 is 35.4 Å². The zero-order valence-electron chi connectivity index (χ0n) is 17.7. The number of hydrogen-bond acceptors (Lipinski definition) is 10. The van der Waals surface area contributed by atoms with Gasteiger partial charge in [-0.3, -0.25) is 18.9 Å². The van der Waals surface area contributed by atoms with Crippen LogP contribution in [0.25, 0.3) is 11.2 Å². The van der Waals surface area contributed by atoms with E-state index in [1.165, 1.54) is 15.5 Å². The number of imidazole rings is 1. The third-order valence-corrected chi connectivity index (χ3v) is 7.26. The largest absolute Gasteiger partial charge is 0.481 e. The molecule has 18 heteroatoms. The number of benzene rings is 1. The lowest BCUT2D eigenvalue weighted by molar-refractivity contribution is -0.745. The highest BCUT2D eigenvalue weighted by Crippen LogP contribution is 2.57. The van der Waals surface area contributed by atoms with E-state index in [1.54, 1.807) is 0 Å². The molecule has 35 heavy (non-hydrogen) atoms. The Morgan fingerprint density at radius 3 is 2.51 bits per heavy atom. The molecule has 16 nitrogen and oxygen atoms in total. The van der Waals surface area contributed by atoms with Crippen LogP contribution < -0.4 is 15.9 Å². The Morgan fingerprint density at radius 1 is 1.17 bits per heavy atom. The molecule has 1 aromatic carbocycles. The lowest BCUT2D eigenvalue weighted by Crippen LogP contribution is -2.46. The second-order valence-corrected chi connectivity index (χ2v) is 10.5. The molecule has 0 saturated carbocycles. The monoisotopic (exact) mass is 534 g/mol. The van der Waals surface area contributed by atoms with Crippen molar-refractivity contribution in [2.24, 2.45) is 0 Å². The van der Waals surface area contributed by atoms with E-state index in [0.29, 0.717) is 0 Å². The number of nitrogens with zero attached hydrogens (tertiary/aromatic N) is 3. The van der Waals surface area contributed by atoms with Crippen molar-refractivity contribution < 1.29 is 52.2 Å². The normalized spacial score (nSPS) is 24.6. The summed E-state index contributed by atoms with van der Waals surface area (Å²) in [6.07, 6.45) is -4.61. The molecule has 0 bridgehead atoms. The van der Waals surface area contributed by atoms with Crippen molar-refractivity contribution in [3.63, 3.8) is 0 Å². The second-order valence-electron chi connectivity index (χ2n) is 7.64. The van der Waals surface area contributed by atoms with Crippen LogP contribution in [-0.4, -0.2) is 64.3 Å². The first-order chi connectivity index (χ1) is 16.3. The van der Waals surface area contributed by atoms with Crippen molar-refractivity contribution in [1.82, 2.24) is 14.5 Å². The molecule has 4 rings (SSSR count). The van der Waals surface area contributed by atoms with Crippen LogP contribution >= 0.6 is 15.6 Å². The topological polar surface area (TPSA) is 244 Å². The van der Waals surface area contributed by atoms with Gasteiger partial charge in [-0.25, -0.2) is 13.7 Å². The summed E-state index contributed by atoms with van der Waals surface area (Å²) < 4.78 is 39.1. The second kappa shape index (κ2) is 9.52. The molecule has 3 aromatic rings. The highest BCUT2D eigenvalue weighted by Gasteiger charge is 2.48. The summed E-state index contributed by atoms with van der Waals surface area (Å²) in [7, 11) is -10.6. The lowest BCUT2D eigenvalue weighted by atomic mass is 10.1. The molecule has 1 fully saturated rings. The van der Waals surface area contributed by atoms with Gasteiger partial charge in [-0.05, 0) is 5.56 Å². The van der Waals surface area contributed by atoms with E-state index in [1.807, 2.05) is 30.3 Å². The van der Waals surface area contributed by atoms with Gasteiger partial charge in [0.2, 0.25) is 11.7 Å². The fourth-order valence-corrected chi connectivity index (χ4v) is 5.28. The predicted octanol–water partition coefficient (Wildman–Crippen LogP) is -1.51. The number of H-pyrrole nitrogens is 1. The third kappa shape index (κ3) is 5.68. The van der Waals surface area contributed by atoms with E-state index in [4.69, 9.17) is 20.3 Å². The standard InChI is InChI=1S/C17H21N5O11P2/c18-17-19-14-11(15(25)20-17)21(6-9-4-2-1-3-5-9)8-22(14)16-13(24)12(23)10(32-16)7-31-35(29,30)33-34(26,27)28/h1-5,8,10,12-13,16,23-24H,6-7H2,(H5-,18,19,20,25,26,27,28,29,30)/p+1/t10-,12-,13-,16-/m1/s1. The van der Waals surface area contributed by atoms with Gasteiger partial charge >= 0.3 is 21.3 Å². The van der Waals surface area contributed by atoms with Crippen LogP contribution in [0.15, 0.2) is 41.5 Å². The average molecular weight is 534 g/mol. The number of phosphoric acid groups is 2. The number of nitrogens with one attached hydrogen (secondary N) is 1. The number of rotatable bonds is 8. The summed E-state index contributed by atoms with van der Waals surface area (Å²) >= 11 is 0.